The molecule has 0 amide bonds. The summed E-state index contributed by atoms with van der Waals surface area (Å²) in [7, 11) is 1.53. The van der Waals surface area contributed by atoms with E-state index in [0.29, 0.717) is 28.9 Å². The van der Waals surface area contributed by atoms with Gasteiger partial charge in [-0.3, -0.25) is 43.0 Å². The Morgan fingerprint density at radius 3 is 1.82 bits per heavy atom. The molecule has 6 atom stereocenters. The molecule has 19 heteroatoms. The minimum atomic E-state index is -0.561. The maximum absolute atomic E-state index is 11.8. The minimum Gasteiger partial charge on any atom is -0.467 e. The lowest BCUT2D eigenvalue weighted by Crippen LogP contribution is -2.33. The monoisotopic (exact) mass is 696 g/mol. The van der Waals surface area contributed by atoms with Gasteiger partial charge in [0.2, 0.25) is 4.91 Å². The van der Waals surface area contributed by atoms with E-state index in [4.69, 9.17) is 24.5 Å². The smallest absolute Gasteiger partial charge is 0.331 e. The van der Waals surface area contributed by atoms with E-state index >= 15 is 0 Å². The molecule has 0 aliphatic carbocycles. The fourth-order valence-corrected chi connectivity index (χ4v) is 5.04. The fourth-order valence-electron chi connectivity index (χ4n) is 5.04. The number of methoxy groups -OCH3 is 1. The minimum absolute atomic E-state index is 0.00543. The van der Waals surface area contributed by atoms with Crippen molar-refractivity contribution < 1.29 is 18.9 Å². The Balaban J connectivity index is 0.000000171. The Labute approximate surface area is 282 Å². The van der Waals surface area contributed by atoms with E-state index in [2.05, 4.69) is 31.6 Å². The number of rotatable bonds is 6. The van der Waals surface area contributed by atoms with Gasteiger partial charge in [0.15, 0.2) is 18.5 Å². The Morgan fingerprint density at radius 2 is 1.36 bits per heavy atom. The molecule has 4 N–H and O–H groups in total. The lowest BCUT2D eigenvalue weighted by Gasteiger charge is -2.15. The molecule has 0 spiro atoms. The first-order valence-corrected chi connectivity index (χ1v) is 15.3. The normalized spacial score (nSPS) is 23.3. The first-order valence-electron chi connectivity index (χ1n) is 15.3. The van der Waals surface area contributed by atoms with E-state index < -0.39 is 41.3 Å². The predicted molar refractivity (Wildman–Crippen MR) is 177 cm³/mol. The van der Waals surface area contributed by atoms with Crippen molar-refractivity contribution in [1.82, 2.24) is 33.6 Å². The van der Waals surface area contributed by atoms with Crippen LogP contribution in [0.1, 0.15) is 48.7 Å². The van der Waals surface area contributed by atoms with E-state index in [1.54, 1.807) is 39.0 Å². The maximum Gasteiger partial charge on any atom is 0.331 e. The summed E-state index contributed by atoms with van der Waals surface area (Å²) in [4.78, 5) is 78.1. The van der Waals surface area contributed by atoms with Crippen molar-refractivity contribution in [3.63, 3.8) is 0 Å². The number of hydrogen-bond acceptors (Lipinski definition) is 12. The predicted octanol–water partition coefficient (Wildman–Crippen LogP) is 0.460. The molecule has 266 valence electrons. The third-order valence-corrected chi connectivity index (χ3v) is 7.66. The number of aromatic amines is 3. The summed E-state index contributed by atoms with van der Waals surface area (Å²) in [5.74, 6) is 0.496. The molecule has 1 saturated heterocycles. The second-order valence-electron chi connectivity index (χ2n) is 11.5. The van der Waals surface area contributed by atoms with Crippen molar-refractivity contribution in [2.45, 2.75) is 71.0 Å². The number of aryl methyl sites for hydroxylation is 3. The molecule has 0 saturated carbocycles. The highest BCUT2D eigenvalue weighted by molar-refractivity contribution is 5.16. The second-order valence-corrected chi connectivity index (χ2v) is 11.5. The average Bonchev–Trinajstić information content (AvgIpc) is 3.80. The molecule has 3 aliphatic heterocycles. The van der Waals surface area contributed by atoms with Crippen LogP contribution in [0.3, 0.4) is 0 Å². The quantitative estimate of drug-likeness (QED) is 0.157. The summed E-state index contributed by atoms with van der Waals surface area (Å²) < 4.78 is 25.4. The number of aromatic nitrogens is 6. The lowest BCUT2D eigenvalue weighted by atomic mass is 10.1. The van der Waals surface area contributed by atoms with E-state index in [-0.39, 0.29) is 36.0 Å². The Kier molecular flexibility index (Phi) is 11.9. The van der Waals surface area contributed by atoms with E-state index in [9.17, 15) is 28.8 Å². The molecule has 3 aromatic heterocycles. The van der Waals surface area contributed by atoms with Gasteiger partial charge in [-0.2, -0.15) is 0 Å². The van der Waals surface area contributed by atoms with Gasteiger partial charge in [0, 0.05) is 48.8 Å². The van der Waals surface area contributed by atoms with Gasteiger partial charge < -0.3 is 18.9 Å². The number of hydrogen-bond donors (Lipinski definition) is 4. The molecule has 6 rings (SSSR count). The van der Waals surface area contributed by atoms with Crippen molar-refractivity contribution in [3.05, 3.63) is 134 Å². The standard InChI is InChI=1S/C11H15N5O4.C10H12N2O3.C10H10N2O3/c1-6-4-16(11(18)13-10(6)17)9-3-7(14-15-12)8(20-9)5-19-2;2*1-6-5-12(10(14)11-9(6)13)8-4-3-7(2)15-8/h4,7-9,12H,3,5H2,1-2H3;3-5,7-8H,1-2H3,(H,11,13,14);3-5,8H,2H2,1H3,(H,11,13,14)/p+1/t7?,8?,9-;7-,8-;8-/m111/s1. The van der Waals surface area contributed by atoms with Gasteiger partial charge in [-0.15, -0.1) is 0 Å². The van der Waals surface area contributed by atoms with Gasteiger partial charge in [0.1, 0.15) is 28.7 Å². The van der Waals surface area contributed by atoms with Gasteiger partial charge in [-0.05, 0) is 45.9 Å². The topological polar surface area (TPSA) is 252 Å². The summed E-state index contributed by atoms with van der Waals surface area (Å²) in [5, 5.41) is 3.77. The van der Waals surface area contributed by atoms with Gasteiger partial charge in [-0.1, -0.05) is 12.7 Å². The number of H-pyrrole nitrogens is 3. The second kappa shape index (κ2) is 16.1. The molecular weight excluding hydrogens is 658 g/mol. The summed E-state index contributed by atoms with van der Waals surface area (Å²) >= 11 is 0. The molecule has 19 nitrogen and oxygen atoms in total. The van der Waals surface area contributed by atoms with Crippen LogP contribution in [0.2, 0.25) is 0 Å². The van der Waals surface area contributed by atoms with E-state index in [1.165, 1.54) is 39.4 Å². The Bertz CT molecular complexity index is 2200. The van der Waals surface area contributed by atoms with Crippen molar-refractivity contribution in [1.29, 1.82) is 5.53 Å². The van der Waals surface area contributed by atoms with Crippen LogP contribution in [0.5, 0.6) is 0 Å². The van der Waals surface area contributed by atoms with Crippen LogP contribution in [-0.4, -0.2) is 60.6 Å². The molecule has 3 aromatic rings. The van der Waals surface area contributed by atoms with Crippen molar-refractivity contribution in [2.24, 2.45) is 5.11 Å². The Morgan fingerprint density at radius 1 is 0.840 bits per heavy atom. The number of allylic oxidation sites excluding steroid dienone is 1. The fraction of sp³-hybridized carbons (Fsp3) is 0.419. The highest BCUT2D eigenvalue weighted by Gasteiger charge is 2.40. The summed E-state index contributed by atoms with van der Waals surface area (Å²) in [5.41, 5.74) is 5.56. The summed E-state index contributed by atoms with van der Waals surface area (Å²) in [6.07, 6.45) is 9.99. The van der Waals surface area contributed by atoms with Crippen molar-refractivity contribution in [2.75, 3.05) is 13.7 Å². The van der Waals surface area contributed by atoms with Crippen LogP contribution in [-0.2, 0) is 18.9 Å². The van der Waals surface area contributed by atoms with Crippen LogP contribution in [0.4, 0.5) is 0 Å². The van der Waals surface area contributed by atoms with Gasteiger partial charge in [-0.25, -0.2) is 14.4 Å². The SMILES string of the molecule is C=C1C=C[C@H](n2cc(C)c(=O)[nH]c2=O)O1.COCC1O[C@@H](n2cc(C)c(=O)[nH]c2=O)CC1N=[N+]=N.Cc1cn([C@H]2C=C[C@@H](C)O2)c(=O)[nH]c1=O. The average molecular weight is 697 g/mol. The van der Waals surface area contributed by atoms with E-state index in [0.717, 1.165) is 0 Å². The van der Waals surface area contributed by atoms with Crippen molar-refractivity contribution in [3.8, 4) is 0 Å². The summed E-state index contributed by atoms with van der Waals surface area (Å²) in [6, 6.07) is -0.350. The molecular formula is C31H38N9O10+. The van der Waals surface area contributed by atoms with Crippen LogP contribution in [0, 0.1) is 26.3 Å². The molecule has 2 unspecified atom stereocenters. The largest absolute Gasteiger partial charge is 0.467 e. The zero-order chi connectivity index (χ0) is 36.7. The highest BCUT2D eigenvalue weighted by atomic mass is 16.6. The van der Waals surface area contributed by atoms with Crippen LogP contribution in [0.15, 0.2) is 89.1 Å². The third-order valence-electron chi connectivity index (χ3n) is 7.66. The van der Waals surface area contributed by atoms with Crippen LogP contribution >= 0.6 is 0 Å². The first-order chi connectivity index (χ1) is 23.7. The molecule has 1 fully saturated rings. The molecule has 6 heterocycles. The summed E-state index contributed by atoms with van der Waals surface area (Å²) in [6.45, 7) is 10.7. The zero-order valence-electron chi connectivity index (χ0n) is 27.9. The maximum atomic E-state index is 11.8. The lowest BCUT2D eigenvalue weighted by molar-refractivity contribution is -0.0364. The number of ether oxygens (including phenoxy) is 4. The first kappa shape index (κ1) is 37.1. The Hall–Kier alpha value is -5.75. The third kappa shape index (κ3) is 8.83. The molecule has 50 heavy (non-hydrogen) atoms. The van der Waals surface area contributed by atoms with Gasteiger partial charge >= 0.3 is 17.1 Å². The van der Waals surface area contributed by atoms with Crippen molar-refractivity contribution >= 4 is 0 Å². The highest BCUT2D eigenvalue weighted by Crippen LogP contribution is 2.29. The molecule has 0 radical (unpaired) electrons. The number of nitrogens with zero attached hydrogens (tertiary/aromatic N) is 5. The van der Waals surface area contributed by atoms with Gasteiger partial charge in [0.25, 0.3) is 16.7 Å². The van der Waals surface area contributed by atoms with Gasteiger partial charge in [0.05, 0.1) is 12.7 Å². The molecule has 3 aliphatic rings. The van der Waals surface area contributed by atoms with Crippen LogP contribution < -0.4 is 38.7 Å². The molecule has 0 aromatic carbocycles. The number of nitrogens with one attached hydrogen (secondary N) is 4. The van der Waals surface area contributed by atoms with E-state index in [1.807, 2.05) is 13.0 Å². The van der Waals surface area contributed by atoms with Crippen LogP contribution in [0.25, 0.3) is 0 Å². The molecule has 0 bridgehead atoms. The zero-order valence-corrected chi connectivity index (χ0v) is 27.9.